The van der Waals surface area contributed by atoms with Gasteiger partial charge in [-0.1, -0.05) is 0 Å². The first-order chi connectivity index (χ1) is 12.1. The van der Waals surface area contributed by atoms with E-state index in [1.165, 1.54) is 0 Å². The Morgan fingerprint density at radius 3 is 1.10 bits per heavy atom. The second-order valence-corrected chi connectivity index (χ2v) is 6.48. The number of carbonyl (C=O) groups is 1. The zero-order valence-corrected chi connectivity index (χ0v) is 13.0. The molecular formula is C8HF16NO3S. The van der Waals surface area contributed by atoms with Crippen LogP contribution in [0.4, 0.5) is 70.2 Å². The van der Waals surface area contributed by atoms with Crippen molar-refractivity contribution in [2.24, 2.45) is 0 Å². The van der Waals surface area contributed by atoms with Gasteiger partial charge < -0.3 is 0 Å². The fraction of sp³-hybridized carbons (Fsp3) is 0.875. The Morgan fingerprint density at radius 1 is 0.552 bits per heavy atom. The Labute approximate surface area is 146 Å². The van der Waals surface area contributed by atoms with E-state index in [0.29, 0.717) is 0 Å². The molecule has 29 heavy (non-hydrogen) atoms. The number of alkyl halides is 16. The van der Waals surface area contributed by atoms with E-state index < -0.39 is 61.9 Å². The summed E-state index contributed by atoms with van der Waals surface area (Å²) in [4.78, 5) is 10.7. The zero-order chi connectivity index (χ0) is 24.3. The molecule has 0 heterocycles. The van der Waals surface area contributed by atoms with Crippen molar-refractivity contribution < 1.29 is 83.5 Å². The molecule has 0 rings (SSSR count). The van der Waals surface area contributed by atoms with Crippen molar-refractivity contribution in [2.75, 3.05) is 0 Å². The second-order valence-electron chi connectivity index (χ2n) is 4.75. The summed E-state index contributed by atoms with van der Waals surface area (Å²) in [5.41, 5.74) is -7.37. The van der Waals surface area contributed by atoms with Gasteiger partial charge in [-0.2, -0.15) is 74.3 Å². The number of hydrogen-bond donors (Lipinski definition) is 1. The highest BCUT2D eigenvalue weighted by molar-refractivity contribution is 7.91. The molecule has 0 aliphatic carbocycles. The number of halogens is 16. The summed E-state index contributed by atoms with van der Waals surface area (Å²) < 4.78 is 219. The monoisotopic (exact) mass is 495 g/mol. The normalized spacial score (nSPS) is 16.0. The van der Waals surface area contributed by atoms with Crippen molar-refractivity contribution in [1.29, 1.82) is 0 Å². The minimum atomic E-state index is -8.27. The summed E-state index contributed by atoms with van der Waals surface area (Å²) in [7, 11) is -8.27. The van der Waals surface area contributed by atoms with Crippen LogP contribution in [0.5, 0.6) is 0 Å². The molecule has 0 aliphatic heterocycles. The summed E-state index contributed by atoms with van der Waals surface area (Å²) in [6.07, 6.45) is -22.6. The highest BCUT2D eigenvalue weighted by Crippen LogP contribution is 2.55. The molecular weight excluding hydrogens is 494 g/mol. The van der Waals surface area contributed by atoms with Gasteiger partial charge in [0.05, 0.1) is 0 Å². The van der Waals surface area contributed by atoms with Gasteiger partial charge in [0.1, 0.15) is 0 Å². The fourth-order valence-corrected chi connectivity index (χ4v) is 2.18. The third-order valence-electron chi connectivity index (χ3n) is 2.77. The molecule has 174 valence electrons. The molecule has 0 aromatic rings. The first-order valence-electron chi connectivity index (χ1n) is 5.72. The quantitative estimate of drug-likeness (QED) is 0.593. The van der Waals surface area contributed by atoms with Crippen LogP contribution in [-0.4, -0.2) is 55.6 Å². The predicted molar refractivity (Wildman–Crippen MR) is 53.9 cm³/mol. The van der Waals surface area contributed by atoms with Crippen LogP contribution in [0, 0.1) is 0 Å². The first-order valence-corrected chi connectivity index (χ1v) is 7.20. The Bertz CT molecular complexity index is 730. The van der Waals surface area contributed by atoms with E-state index >= 15 is 0 Å². The van der Waals surface area contributed by atoms with Crippen LogP contribution in [0.1, 0.15) is 0 Å². The van der Waals surface area contributed by atoms with Crippen molar-refractivity contribution >= 4 is 15.9 Å². The molecule has 0 aromatic heterocycles. The van der Waals surface area contributed by atoms with Crippen LogP contribution in [0.2, 0.25) is 0 Å². The van der Waals surface area contributed by atoms with E-state index in [1.54, 1.807) is 0 Å². The second kappa shape index (κ2) is 6.65. The third kappa shape index (κ3) is 3.88. The van der Waals surface area contributed by atoms with E-state index in [-0.39, 0.29) is 0 Å². The van der Waals surface area contributed by atoms with Crippen LogP contribution in [0.15, 0.2) is 0 Å². The Hall–Kier alpha value is -1.70. The Balaban J connectivity index is 6.45. The maximum atomic E-state index is 13.2. The predicted octanol–water partition coefficient (Wildman–Crippen LogP) is 3.69. The van der Waals surface area contributed by atoms with Crippen molar-refractivity contribution in [1.82, 2.24) is 4.72 Å². The SMILES string of the molecule is O=C(NS(=O)(=O)C(F)(F)C(F)(F)C(F)(F)C(F)(F)F)C(F)(C(F)(F)F)C(F)(F)F. The number of sulfonamides is 1. The molecule has 0 unspecified atom stereocenters. The van der Waals surface area contributed by atoms with Crippen LogP contribution in [0.25, 0.3) is 0 Å². The van der Waals surface area contributed by atoms with Crippen LogP contribution in [-0.2, 0) is 14.8 Å². The first kappa shape index (κ1) is 27.3. The van der Waals surface area contributed by atoms with Gasteiger partial charge in [0.15, 0.2) is 0 Å². The number of carbonyl (C=O) groups excluding carboxylic acids is 1. The number of amides is 1. The average molecular weight is 495 g/mol. The van der Waals surface area contributed by atoms with E-state index in [0.717, 1.165) is 0 Å². The van der Waals surface area contributed by atoms with Crippen LogP contribution in [0.3, 0.4) is 0 Å². The largest absolute Gasteiger partial charge is 0.460 e. The highest BCUT2D eigenvalue weighted by Gasteiger charge is 2.86. The topological polar surface area (TPSA) is 63.2 Å². The summed E-state index contributed by atoms with van der Waals surface area (Å²) >= 11 is 0. The molecule has 4 nitrogen and oxygen atoms in total. The summed E-state index contributed by atoms with van der Waals surface area (Å²) in [6, 6.07) is 0. The molecule has 0 bridgehead atoms. The smallest absolute Gasteiger partial charge is 0.269 e. The van der Waals surface area contributed by atoms with E-state index in [4.69, 9.17) is 0 Å². The molecule has 21 heteroatoms. The van der Waals surface area contributed by atoms with Crippen LogP contribution < -0.4 is 4.72 Å². The standard InChI is InChI=1S/C8HF16NO3S/c9-2(5(14,15)16,6(17,18)19)1(26)25-29(27,28)8(23,24)4(12,13)3(10,11)7(20,21)22/h(H,25,26). The summed E-state index contributed by atoms with van der Waals surface area (Å²) in [5.74, 6) is -20.7. The lowest BCUT2D eigenvalue weighted by Gasteiger charge is -2.34. The molecule has 0 spiro atoms. The number of rotatable bonds is 5. The van der Waals surface area contributed by atoms with Crippen molar-refractivity contribution in [3.8, 4) is 0 Å². The number of nitrogens with one attached hydrogen (secondary N) is 1. The number of hydrogen-bond acceptors (Lipinski definition) is 3. The van der Waals surface area contributed by atoms with Gasteiger partial charge in [0, 0.05) is 0 Å². The van der Waals surface area contributed by atoms with Crippen molar-refractivity contribution in [3.63, 3.8) is 0 Å². The fourth-order valence-electron chi connectivity index (χ4n) is 1.20. The highest BCUT2D eigenvalue weighted by atomic mass is 32.2. The van der Waals surface area contributed by atoms with E-state index in [9.17, 15) is 83.5 Å². The average Bonchev–Trinajstić information content (AvgIpc) is 2.41. The van der Waals surface area contributed by atoms with E-state index in [1.807, 2.05) is 0 Å². The van der Waals surface area contributed by atoms with Gasteiger partial charge in [0.25, 0.3) is 5.91 Å². The lowest BCUT2D eigenvalue weighted by atomic mass is 10.1. The van der Waals surface area contributed by atoms with Gasteiger partial charge in [-0.3, -0.25) is 4.79 Å². The van der Waals surface area contributed by atoms with Gasteiger partial charge in [0.2, 0.25) is 0 Å². The minimum absolute atomic E-state index is 1.23. The lowest BCUT2D eigenvalue weighted by Crippen LogP contribution is -2.68. The maximum Gasteiger partial charge on any atom is 0.460 e. The summed E-state index contributed by atoms with van der Waals surface area (Å²) in [6.45, 7) is 0. The third-order valence-corrected chi connectivity index (χ3v) is 4.16. The molecule has 1 amide bonds. The van der Waals surface area contributed by atoms with Crippen molar-refractivity contribution in [3.05, 3.63) is 0 Å². The van der Waals surface area contributed by atoms with E-state index in [2.05, 4.69) is 0 Å². The Morgan fingerprint density at radius 2 is 0.862 bits per heavy atom. The van der Waals surface area contributed by atoms with Gasteiger partial charge in [-0.25, -0.2) is 9.11 Å². The minimum Gasteiger partial charge on any atom is -0.269 e. The molecule has 0 radical (unpaired) electrons. The van der Waals surface area contributed by atoms with Gasteiger partial charge in [-0.05, 0) is 0 Å². The molecule has 0 saturated carbocycles. The van der Waals surface area contributed by atoms with Crippen molar-refractivity contribution in [2.45, 2.75) is 41.3 Å². The van der Waals surface area contributed by atoms with Crippen LogP contribution >= 0.6 is 0 Å². The molecule has 0 aliphatic rings. The Kier molecular flexibility index (Phi) is 6.26. The molecule has 1 N–H and O–H groups in total. The maximum absolute atomic E-state index is 13.2. The van der Waals surface area contributed by atoms with Gasteiger partial charge in [-0.15, -0.1) is 0 Å². The molecule has 0 atom stereocenters. The molecule has 0 fully saturated rings. The zero-order valence-electron chi connectivity index (χ0n) is 12.2. The molecule has 0 aromatic carbocycles. The van der Waals surface area contributed by atoms with Gasteiger partial charge >= 0.3 is 51.3 Å². The molecule has 0 saturated heterocycles. The summed E-state index contributed by atoms with van der Waals surface area (Å²) in [5, 5.41) is -7.88. The lowest BCUT2D eigenvalue weighted by molar-refractivity contribution is -0.382.